The van der Waals surface area contributed by atoms with Crippen molar-refractivity contribution in [2.24, 2.45) is 0 Å². The van der Waals surface area contributed by atoms with E-state index in [0.717, 1.165) is 6.07 Å². The molecule has 2 aromatic rings. The molecule has 1 atom stereocenters. The molecule has 2 nitrogen and oxygen atoms in total. The molecule has 0 aliphatic heterocycles. The molecule has 18 heavy (non-hydrogen) atoms. The molecule has 0 amide bonds. The fourth-order valence-electron chi connectivity index (χ4n) is 1.64. The first-order valence-corrected chi connectivity index (χ1v) is 5.77. The Morgan fingerprint density at radius 3 is 2.67 bits per heavy atom. The maximum absolute atomic E-state index is 13.6. The summed E-state index contributed by atoms with van der Waals surface area (Å²) in [4.78, 5) is 3.90. The van der Waals surface area contributed by atoms with E-state index in [9.17, 15) is 8.78 Å². The summed E-state index contributed by atoms with van der Waals surface area (Å²) in [6.45, 7) is 1.74. The molecule has 5 heteroatoms. The first-order valence-electron chi connectivity index (χ1n) is 5.40. The van der Waals surface area contributed by atoms with Crippen LogP contribution in [0.3, 0.4) is 0 Å². The third kappa shape index (κ3) is 2.76. The molecule has 0 aliphatic rings. The molecule has 94 valence electrons. The van der Waals surface area contributed by atoms with Gasteiger partial charge in [-0.2, -0.15) is 0 Å². The van der Waals surface area contributed by atoms with Crippen LogP contribution in [0, 0.1) is 11.6 Å². The topological polar surface area (TPSA) is 24.9 Å². The number of rotatable bonds is 3. The van der Waals surface area contributed by atoms with Crippen LogP contribution < -0.4 is 5.32 Å². The molecule has 1 N–H and O–H groups in total. The molecule has 1 aromatic carbocycles. The SMILES string of the molecule is CC(Nc1ccc(Cl)nc1)c1cccc(F)c1F. The molecule has 0 spiro atoms. The second kappa shape index (κ2) is 5.31. The van der Waals surface area contributed by atoms with Crippen LogP contribution in [-0.4, -0.2) is 4.98 Å². The van der Waals surface area contributed by atoms with E-state index in [1.54, 1.807) is 25.1 Å². The molecule has 1 heterocycles. The Labute approximate surface area is 109 Å². The number of pyridine rings is 1. The van der Waals surface area contributed by atoms with E-state index in [0.29, 0.717) is 10.8 Å². The van der Waals surface area contributed by atoms with Crippen molar-refractivity contribution in [3.63, 3.8) is 0 Å². The summed E-state index contributed by atoms with van der Waals surface area (Å²) in [5, 5.41) is 3.41. The molecule has 0 saturated heterocycles. The van der Waals surface area contributed by atoms with Crippen LogP contribution in [-0.2, 0) is 0 Å². The molecule has 2 rings (SSSR count). The smallest absolute Gasteiger partial charge is 0.164 e. The highest BCUT2D eigenvalue weighted by atomic mass is 35.5. The summed E-state index contributed by atoms with van der Waals surface area (Å²) in [5.74, 6) is -1.69. The van der Waals surface area contributed by atoms with E-state index < -0.39 is 11.6 Å². The van der Waals surface area contributed by atoms with E-state index in [4.69, 9.17) is 11.6 Å². The van der Waals surface area contributed by atoms with Gasteiger partial charge < -0.3 is 5.32 Å². The summed E-state index contributed by atoms with van der Waals surface area (Å²) in [6.07, 6.45) is 1.54. The van der Waals surface area contributed by atoms with Crippen molar-refractivity contribution in [1.29, 1.82) is 0 Å². The Kier molecular flexibility index (Phi) is 3.77. The van der Waals surface area contributed by atoms with Gasteiger partial charge in [-0.25, -0.2) is 13.8 Å². The molecule has 1 aromatic heterocycles. The van der Waals surface area contributed by atoms with Gasteiger partial charge in [0.2, 0.25) is 0 Å². The van der Waals surface area contributed by atoms with Crippen LogP contribution in [0.2, 0.25) is 5.15 Å². The highest BCUT2D eigenvalue weighted by Gasteiger charge is 2.13. The number of nitrogens with zero attached hydrogens (tertiary/aromatic N) is 1. The normalized spacial score (nSPS) is 12.2. The zero-order valence-electron chi connectivity index (χ0n) is 9.62. The monoisotopic (exact) mass is 268 g/mol. The van der Waals surface area contributed by atoms with Gasteiger partial charge in [-0.3, -0.25) is 0 Å². The maximum atomic E-state index is 13.6. The average molecular weight is 269 g/mol. The van der Waals surface area contributed by atoms with Gasteiger partial charge in [0.05, 0.1) is 17.9 Å². The van der Waals surface area contributed by atoms with Gasteiger partial charge in [0.1, 0.15) is 5.15 Å². The van der Waals surface area contributed by atoms with Crippen LogP contribution in [0.4, 0.5) is 14.5 Å². The Hall–Kier alpha value is -1.68. The molecule has 0 aliphatic carbocycles. The van der Waals surface area contributed by atoms with Crippen LogP contribution in [0.15, 0.2) is 36.5 Å². The van der Waals surface area contributed by atoms with Crippen molar-refractivity contribution in [2.75, 3.05) is 5.32 Å². The first kappa shape index (κ1) is 12.8. The van der Waals surface area contributed by atoms with Crippen molar-refractivity contribution in [2.45, 2.75) is 13.0 Å². The lowest BCUT2D eigenvalue weighted by molar-refractivity contribution is 0.494. The number of anilines is 1. The predicted octanol–water partition coefficient (Wildman–Crippen LogP) is 4.19. The third-order valence-electron chi connectivity index (χ3n) is 2.56. The van der Waals surface area contributed by atoms with Gasteiger partial charge in [-0.1, -0.05) is 23.7 Å². The van der Waals surface area contributed by atoms with Gasteiger partial charge >= 0.3 is 0 Å². The second-order valence-corrected chi connectivity index (χ2v) is 4.27. The van der Waals surface area contributed by atoms with Crippen molar-refractivity contribution >= 4 is 17.3 Å². The fraction of sp³-hybridized carbons (Fsp3) is 0.154. The largest absolute Gasteiger partial charge is 0.377 e. The molecule has 0 bridgehead atoms. The lowest BCUT2D eigenvalue weighted by Gasteiger charge is -2.16. The predicted molar refractivity (Wildman–Crippen MR) is 67.6 cm³/mol. The maximum Gasteiger partial charge on any atom is 0.164 e. The number of halogens is 3. The third-order valence-corrected chi connectivity index (χ3v) is 2.78. The average Bonchev–Trinajstić information content (AvgIpc) is 2.35. The van der Waals surface area contributed by atoms with E-state index in [1.807, 2.05) is 0 Å². The van der Waals surface area contributed by atoms with Crippen LogP contribution >= 0.6 is 11.6 Å². The quantitative estimate of drug-likeness (QED) is 0.845. The molecular weight excluding hydrogens is 258 g/mol. The molecule has 1 unspecified atom stereocenters. The number of nitrogens with one attached hydrogen (secondary N) is 1. The fourth-order valence-corrected chi connectivity index (χ4v) is 1.76. The van der Waals surface area contributed by atoms with E-state index in [2.05, 4.69) is 10.3 Å². The van der Waals surface area contributed by atoms with Gasteiger partial charge in [0.25, 0.3) is 0 Å². The second-order valence-electron chi connectivity index (χ2n) is 3.88. The van der Waals surface area contributed by atoms with Gasteiger partial charge in [-0.15, -0.1) is 0 Å². The van der Waals surface area contributed by atoms with Crippen LogP contribution in [0.1, 0.15) is 18.5 Å². The highest BCUT2D eigenvalue weighted by molar-refractivity contribution is 6.29. The zero-order valence-corrected chi connectivity index (χ0v) is 10.4. The Balaban J connectivity index is 2.19. The molecular formula is C13H11ClF2N2. The Bertz CT molecular complexity index is 543. The van der Waals surface area contributed by atoms with Crippen molar-refractivity contribution < 1.29 is 8.78 Å². The summed E-state index contributed by atoms with van der Waals surface area (Å²) in [6, 6.07) is 7.09. The minimum absolute atomic E-state index is 0.268. The van der Waals surface area contributed by atoms with Crippen molar-refractivity contribution in [1.82, 2.24) is 4.98 Å². The summed E-state index contributed by atoms with van der Waals surface area (Å²) >= 11 is 5.66. The lowest BCUT2D eigenvalue weighted by atomic mass is 10.1. The standard InChI is InChI=1S/C13H11ClF2N2/c1-8(10-3-2-4-11(15)13(10)16)18-9-5-6-12(14)17-7-9/h2-8,18H,1H3. The lowest BCUT2D eigenvalue weighted by Crippen LogP contribution is -2.09. The van der Waals surface area contributed by atoms with E-state index >= 15 is 0 Å². The van der Waals surface area contributed by atoms with Crippen LogP contribution in [0.25, 0.3) is 0 Å². The van der Waals surface area contributed by atoms with Crippen molar-refractivity contribution in [3.05, 3.63) is 58.9 Å². The Morgan fingerprint density at radius 1 is 1.22 bits per heavy atom. The molecule has 0 radical (unpaired) electrons. The highest BCUT2D eigenvalue weighted by Crippen LogP contribution is 2.23. The zero-order chi connectivity index (χ0) is 13.1. The number of hydrogen-bond acceptors (Lipinski definition) is 2. The first-order chi connectivity index (χ1) is 8.58. The minimum atomic E-state index is -0.851. The van der Waals surface area contributed by atoms with Gasteiger partial charge in [0.15, 0.2) is 11.6 Å². The number of benzene rings is 1. The molecule has 0 fully saturated rings. The van der Waals surface area contributed by atoms with Gasteiger partial charge in [-0.05, 0) is 25.1 Å². The summed E-state index contributed by atoms with van der Waals surface area (Å²) < 4.78 is 26.7. The van der Waals surface area contributed by atoms with Crippen LogP contribution in [0.5, 0.6) is 0 Å². The number of hydrogen-bond donors (Lipinski definition) is 1. The van der Waals surface area contributed by atoms with Crippen molar-refractivity contribution in [3.8, 4) is 0 Å². The summed E-state index contributed by atoms with van der Waals surface area (Å²) in [5.41, 5.74) is 0.959. The Morgan fingerprint density at radius 2 is 2.00 bits per heavy atom. The van der Waals surface area contributed by atoms with Gasteiger partial charge in [0, 0.05) is 5.56 Å². The minimum Gasteiger partial charge on any atom is -0.377 e. The van der Waals surface area contributed by atoms with E-state index in [-0.39, 0.29) is 11.6 Å². The molecule has 0 saturated carbocycles. The summed E-state index contributed by atoms with van der Waals surface area (Å²) in [7, 11) is 0. The van der Waals surface area contributed by atoms with E-state index in [1.165, 1.54) is 12.3 Å². The number of aromatic nitrogens is 1.